The number of benzene rings is 3. The largest absolute Gasteiger partial charge is 0.438 e. The summed E-state index contributed by atoms with van der Waals surface area (Å²) in [6.45, 7) is 5.93. The van der Waals surface area contributed by atoms with Crippen molar-refractivity contribution in [1.82, 2.24) is 0 Å². The first-order valence-electron chi connectivity index (χ1n) is 13.1. The van der Waals surface area contributed by atoms with Crippen molar-refractivity contribution in [2.24, 2.45) is 0 Å². The lowest BCUT2D eigenvalue weighted by Crippen LogP contribution is -2.13. The Balaban J connectivity index is 1.96. The third kappa shape index (κ3) is 5.68. The molecule has 3 aromatic carbocycles. The summed E-state index contributed by atoms with van der Waals surface area (Å²) in [5.41, 5.74) is -9.59. The second-order valence-electron chi connectivity index (χ2n) is 10.8. The smallest absolute Gasteiger partial charge is 0.417 e. The van der Waals surface area contributed by atoms with E-state index in [9.17, 15) is 52.7 Å². The average molecular weight is 668 g/mol. The van der Waals surface area contributed by atoms with Crippen LogP contribution in [0.3, 0.4) is 0 Å². The molecule has 0 amide bonds. The van der Waals surface area contributed by atoms with Gasteiger partial charge in [0, 0.05) is 0 Å². The topological polar surface area (TPSA) is 42.5 Å². The molecule has 0 aromatic heterocycles. The summed E-state index contributed by atoms with van der Waals surface area (Å²) in [4.78, 5) is 0. The molecule has 0 radical (unpaired) electrons. The van der Waals surface area contributed by atoms with Gasteiger partial charge in [0.1, 0.15) is 0 Å². The van der Waals surface area contributed by atoms with Crippen LogP contribution in [0.25, 0.3) is 22.3 Å². The number of anilines is 2. The lowest BCUT2D eigenvalue weighted by Gasteiger charge is -2.22. The van der Waals surface area contributed by atoms with Gasteiger partial charge in [-0.25, -0.2) is 0 Å². The fourth-order valence-electron chi connectivity index (χ4n) is 4.94. The molecule has 16 heteroatoms. The van der Waals surface area contributed by atoms with Gasteiger partial charge in [-0.1, -0.05) is 12.1 Å². The molecule has 0 fully saturated rings. The number of hydrogen-bond donors (Lipinski definition) is 2. The van der Waals surface area contributed by atoms with E-state index in [1.54, 1.807) is 0 Å². The molecular weight excluding hydrogens is 648 g/mol. The van der Waals surface area contributed by atoms with Crippen molar-refractivity contribution in [3.05, 3.63) is 81.6 Å². The zero-order chi connectivity index (χ0) is 34.3. The fraction of sp³-hybridized carbons (Fsp3) is 0.267. The quantitative estimate of drug-likeness (QED) is 0.267. The zero-order valence-corrected chi connectivity index (χ0v) is 23.8. The molecule has 3 aromatic rings. The lowest BCUT2D eigenvalue weighted by molar-refractivity contribution is -0.144. The van der Waals surface area contributed by atoms with Crippen molar-refractivity contribution in [2.75, 3.05) is 10.6 Å². The van der Waals surface area contributed by atoms with Crippen LogP contribution in [0.2, 0.25) is 0 Å². The van der Waals surface area contributed by atoms with E-state index in [-0.39, 0.29) is 23.9 Å². The summed E-state index contributed by atoms with van der Waals surface area (Å²) in [5.74, 6) is -1.36. The monoisotopic (exact) mass is 668 g/mol. The van der Waals surface area contributed by atoms with E-state index >= 15 is 0 Å². The molecule has 0 atom stereocenters. The van der Waals surface area contributed by atoms with Gasteiger partial charge in [0.2, 0.25) is 0 Å². The van der Waals surface area contributed by atoms with Crippen molar-refractivity contribution in [3.63, 3.8) is 0 Å². The van der Waals surface area contributed by atoms with Crippen molar-refractivity contribution in [3.8, 4) is 33.8 Å². The van der Waals surface area contributed by atoms with Crippen LogP contribution in [0.15, 0.2) is 59.3 Å². The second kappa shape index (κ2) is 10.5. The number of allylic oxidation sites excluding steroid dienone is 2. The highest BCUT2D eigenvalue weighted by Crippen LogP contribution is 2.62. The van der Waals surface area contributed by atoms with Crippen LogP contribution in [-0.2, 0) is 24.7 Å². The Hall–Kier alpha value is -4.50. The number of nitrogens with one attached hydrogen (secondary N) is 2. The second-order valence-corrected chi connectivity index (χ2v) is 10.8. The standard InChI is InChI=1S/C30H20F12N2O2/c1-11(2)25-43-21-19(15-7-5-13(27(31,32)33)9-17(15)29(37,38)39)24-22(44-26(46-24)12(3)4)20(23(21)45-25)16-8-6-14(28(34,35)36)10-18(16)30(40,41)42/h5-10,43-44H,1-4H3. The van der Waals surface area contributed by atoms with Gasteiger partial charge in [-0.05, 0) is 74.2 Å². The molecule has 0 spiro atoms. The molecule has 0 bridgehead atoms. The highest BCUT2D eigenvalue weighted by atomic mass is 19.4. The average Bonchev–Trinajstić information content (AvgIpc) is 3.54. The third-order valence-electron chi connectivity index (χ3n) is 7.05. The predicted molar refractivity (Wildman–Crippen MR) is 143 cm³/mol. The maximum absolute atomic E-state index is 14.4. The molecule has 0 aliphatic carbocycles. The van der Waals surface area contributed by atoms with Crippen molar-refractivity contribution in [2.45, 2.75) is 52.4 Å². The Kier molecular flexibility index (Phi) is 7.52. The first-order valence-corrected chi connectivity index (χ1v) is 13.1. The number of hydrogen-bond acceptors (Lipinski definition) is 4. The Labute approximate surface area is 252 Å². The molecule has 0 saturated carbocycles. The minimum atomic E-state index is -5.36. The van der Waals surface area contributed by atoms with Gasteiger partial charge in [-0.2, -0.15) is 52.7 Å². The number of fused-ring (bicyclic) bond motifs is 2. The molecule has 5 rings (SSSR count). The van der Waals surface area contributed by atoms with Gasteiger partial charge in [0.05, 0.1) is 44.8 Å². The van der Waals surface area contributed by atoms with E-state index in [2.05, 4.69) is 10.6 Å². The van der Waals surface area contributed by atoms with Crippen LogP contribution in [-0.4, -0.2) is 0 Å². The summed E-state index contributed by atoms with van der Waals surface area (Å²) in [5, 5.41) is 5.37. The van der Waals surface area contributed by atoms with E-state index in [0.29, 0.717) is 35.4 Å². The normalized spacial score (nSPS) is 14.7. The Morgan fingerprint density at radius 1 is 0.500 bits per heavy atom. The summed E-state index contributed by atoms with van der Waals surface area (Å²) in [7, 11) is 0. The van der Waals surface area contributed by atoms with Crippen LogP contribution < -0.4 is 20.1 Å². The van der Waals surface area contributed by atoms with Crippen LogP contribution in [0.1, 0.15) is 49.9 Å². The highest BCUT2D eigenvalue weighted by Gasteiger charge is 2.45. The Morgan fingerprint density at radius 3 is 1.09 bits per heavy atom. The molecule has 2 N–H and O–H groups in total. The molecule has 2 aliphatic rings. The minimum Gasteiger partial charge on any atom is -0.438 e. The minimum absolute atomic E-state index is 0.110. The van der Waals surface area contributed by atoms with Crippen molar-refractivity contribution >= 4 is 11.4 Å². The molecule has 0 saturated heterocycles. The summed E-state index contributed by atoms with van der Waals surface area (Å²) in [6, 6.07) is 1.68. The van der Waals surface area contributed by atoms with E-state index in [0.717, 1.165) is 0 Å². The van der Waals surface area contributed by atoms with E-state index in [1.807, 2.05) is 0 Å². The summed E-state index contributed by atoms with van der Waals surface area (Å²) in [6.07, 6.45) is -21.0. The Morgan fingerprint density at radius 2 is 0.826 bits per heavy atom. The van der Waals surface area contributed by atoms with Crippen molar-refractivity contribution < 1.29 is 62.2 Å². The number of ether oxygens (including phenoxy) is 2. The van der Waals surface area contributed by atoms with Crippen LogP contribution >= 0.6 is 0 Å². The maximum Gasteiger partial charge on any atom is 0.417 e. The van der Waals surface area contributed by atoms with Gasteiger partial charge in [-0.15, -0.1) is 0 Å². The number of halogens is 12. The van der Waals surface area contributed by atoms with Crippen LogP contribution in [0.5, 0.6) is 11.5 Å². The Bertz CT molecular complexity index is 1650. The van der Waals surface area contributed by atoms with E-state index in [4.69, 9.17) is 9.47 Å². The lowest BCUT2D eigenvalue weighted by atomic mass is 9.88. The molecule has 2 aliphatic heterocycles. The number of alkyl halides is 12. The first-order chi connectivity index (χ1) is 21.0. The first kappa shape index (κ1) is 32.9. The van der Waals surface area contributed by atoms with E-state index < -0.39 is 92.1 Å². The van der Waals surface area contributed by atoms with Gasteiger partial charge in [0.25, 0.3) is 0 Å². The maximum atomic E-state index is 14.4. The summed E-state index contributed by atoms with van der Waals surface area (Å²) < 4.78 is 179. The predicted octanol–water partition coefficient (Wildman–Crippen LogP) is 11.2. The molecule has 46 heavy (non-hydrogen) atoms. The molecular formula is C30H20F12N2O2. The summed E-state index contributed by atoms with van der Waals surface area (Å²) >= 11 is 0. The van der Waals surface area contributed by atoms with Gasteiger partial charge < -0.3 is 20.1 Å². The van der Waals surface area contributed by atoms with Crippen LogP contribution in [0.4, 0.5) is 64.1 Å². The van der Waals surface area contributed by atoms with Crippen molar-refractivity contribution in [1.29, 1.82) is 0 Å². The molecule has 0 unspecified atom stereocenters. The molecule has 246 valence electrons. The zero-order valence-electron chi connectivity index (χ0n) is 23.8. The van der Waals surface area contributed by atoms with Gasteiger partial charge >= 0.3 is 24.7 Å². The molecule has 2 heterocycles. The highest BCUT2D eigenvalue weighted by molar-refractivity contribution is 6.06. The van der Waals surface area contributed by atoms with E-state index in [1.165, 1.54) is 27.7 Å². The van der Waals surface area contributed by atoms with Gasteiger partial charge in [0.15, 0.2) is 23.3 Å². The molecule has 4 nitrogen and oxygen atoms in total. The third-order valence-corrected chi connectivity index (χ3v) is 7.05. The fourth-order valence-corrected chi connectivity index (χ4v) is 4.94. The van der Waals surface area contributed by atoms with Gasteiger partial charge in [-0.3, -0.25) is 0 Å². The SMILES string of the molecule is CC(C)=C1Nc2c(c(-c3ccc(C(F)(F)F)cc3C(F)(F)F)c3c(c2-c2ccc(C(F)(F)F)cc2C(F)(F)F)OC(=C(C)C)N3)O1. The van der Waals surface area contributed by atoms with Crippen LogP contribution in [0, 0.1) is 0 Å². The number of rotatable bonds is 2.